The van der Waals surface area contributed by atoms with Gasteiger partial charge in [-0.25, -0.2) is 0 Å². The summed E-state index contributed by atoms with van der Waals surface area (Å²) in [5.41, 5.74) is 10.9. The van der Waals surface area contributed by atoms with E-state index in [4.69, 9.17) is 5.73 Å². The molecular formula is C24H29N3O2. The van der Waals surface area contributed by atoms with Crippen LogP contribution in [0.2, 0.25) is 0 Å². The zero-order valence-electron chi connectivity index (χ0n) is 17.8. The number of hydrogen-bond acceptors (Lipinski definition) is 3. The molecule has 5 heteroatoms. The summed E-state index contributed by atoms with van der Waals surface area (Å²) in [6.45, 7) is 8.76. The lowest BCUT2D eigenvalue weighted by molar-refractivity contribution is 0.0994. The molecule has 0 fully saturated rings. The van der Waals surface area contributed by atoms with Gasteiger partial charge in [-0.3, -0.25) is 9.59 Å². The molecule has 0 aliphatic heterocycles. The highest BCUT2D eigenvalue weighted by Crippen LogP contribution is 2.29. The van der Waals surface area contributed by atoms with Gasteiger partial charge in [0.2, 0.25) is 0 Å². The van der Waals surface area contributed by atoms with Gasteiger partial charge >= 0.3 is 0 Å². The maximum atomic E-state index is 13.1. The average molecular weight is 392 g/mol. The molecule has 0 radical (unpaired) electrons. The van der Waals surface area contributed by atoms with Crippen LogP contribution in [0.4, 0.5) is 11.4 Å². The first kappa shape index (κ1) is 20.6. The highest BCUT2D eigenvalue weighted by molar-refractivity contribution is 6.09. The summed E-state index contributed by atoms with van der Waals surface area (Å²) in [4.78, 5) is 27.2. The van der Waals surface area contributed by atoms with Gasteiger partial charge in [-0.15, -0.1) is 0 Å². The van der Waals surface area contributed by atoms with Crippen LogP contribution in [-0.4, -0.2) is 17.5 Å². The minimum atomic E-state index is -0.153. The molecule has 0 saturated heterocycles. The van der Waals surface area contributed by atoms with Crippen LogP contribution < -0.4 is 16.2 Å². The van der Waals surface area contributed by atoms with Crippen molar-refractivity contribution in [1.29, 1.82) is 0 Å². The first-order chi connectivity index (χ1) is 13.8. The second-order valence-corrected chi connectivity index (χ2v) is 7.68. The average Bonchev–Trinajstić information content (AvgIpc) is 2.71. The molecule has 3 aromatic rings. The van der Waals surface area contributed by atoms with Crippen molar-refractivity contribution in [3.8, 4) is 0 Å². The van der Waals surface area contributed by atoms with Crippen molar-refractivity contribution >= 4 is 28.2 Å². The Morgan fingerprint density at radius 3 is 2.41 bits per heavy atom. The topological polar surface area (TPSA) is 68.3 Å². The summed E-state index contributed by atoms with van der Waals surface area (Å²) in [6.07, 6.45) is 0.871. The number of pyridine rings is 1. The maximum Gasteiger partial charge on any atom is 0.260 e. The number of benzene rings is 2. The number of aryl methyl sites for hydroxylation is 2. The first-order valence-corrected chi connectivity index (χ1v) is 10.1. The van der Waals surface area contributed by atoms with Crippen LogP contribution in [0.25, 0.3) is 10.9 Å². The molecule has 29 heavy (non-hydrogen) atoms. The fraction of sp³-hybridized carbons (Fsp3) is 0.333. The van der Waals surface area contributed by atoms with Crippen LogP contribution in [0.15, 0.2) is 47.3 Å². The smallest absolute Gasteiger partial charge is 0.260 e. The van der Waals surface area contributed by atoms with E-state index in [1.807, 2.05) is 37.3 Å². The Morgan fingerprint density at radius 1 is 1.10 bits per heavy atom. The number of aromatic nitrogens is 1. The largest absolute Gasteiger partial charge is 0.398 e. The minimum absolute atomic E-state index is 0.00432. The zero-order valence-corrected chi connectivity index (χ0v) is 17.8. The van der Waals surface area contributed by atoms with Gasteiger partial charge in [-0.2, -0.15) is 0 Å². The summed E-state index contributed by atoms with van der Waals surface area (Å²) in [5, 5.41) is 0.993. The van der Waals surface area contributed by atoms with Gasteiger partial charge in [-0.05, 0) is 60.7 Å². The number of amides is 1. The number of nitrogen functional groups attached to an aromatic ring is 1. The number of anilines is 2. The molecule has 1 heterocycles. The standard InChI is InChI=1S/C24H29N3O2/c1-6-16-8-10-18(21(25)12-16)24(29)26(5)17-9-11-22-20(13-17)19(15(3)4)14-23(28)27(22)7-2/h8-15H,6-7,25H2,1-5H3. The summed E-state index contributed by atoms with van der Waals surface area (Å²) in [7, 11) is 1.75. The molecule has 3 rings (SSSR count). The quantitative estimate of drug-likeness (QED) is 0.648. The molecular weight excluding hydrogens is 362 g/mol. The number of fused-ring (bicyclic) bond motifs is 1. The molecule has 152 valence electrons. The predicted octanol–water partition coefficient (Wildman–Crippen LogP) is 4.57. The van der Waals surface area contributed by atoms with Crippen LogP contribution in [-0.2, 0) is 13.0 Å². The number of rotatable bonds is 5. The summed E-state index contributed by atoms with van der Waals surface area (Å²) < 4.78 is 1.76. The SMILES string of the molecule is CCc1ccc(C(=O)N(C)c2ccc3c(c2)c(C(C)C)cc(=O)n3CC)c(N)c1. The molecule has 0 spiro atoms. The van der Waals surface area contributed by atoms with Crippen LogP contribution in [0.3, 0.4) is 0 Å². The van der Waals surface area contributed by atoms with Crippen molar-refractivity contribution in [1.82, 2.24) is 4.57 Å². The van der Waals surface area contributed by atoms with Crippen molar-refractivity contribution < 1.29 is 4.79 Å². The van der Waals surface area contributed by atoms with Crippen LogP contribution >= 0.6 is 0 Å². The molecule has 5 nitrogen and oxygen atoms in total. The first-order valence-electron chi connectivity index (χ1n) is 10.1. The lowest BCUT2D eigenvalue weighted by Crippen LogP contribution is -2.27. The van der Waals surface area contributed by atoms with Gasteiger partial charge in [0, 0.05) is 36.4 Å². The van der Waals surface area contributed by atoms with E-state index in [0.717, 1.165) is 34.1 Å². The van der Waals surface area contributed by atoms with Crippen molar-refractivity contribution in [2.45, 2.75) is 46.6 Å². The van der Waals surface area contributed by atoms with Crippen LogP contribution in [0.5, 0.6) is 0 Å². The Kier molecular flexibility index (Phi) is 5.78. The van der Waals surface area contributed by atoms with Gasteiger partial charge in [0.25, 0.3) is 11.5 Å². The number of hydrogen-bond donors (Lipinski definition) is 1. The zero-order chi connectivity index (χ0) is 21.3. The number of nitrogens with two attached hydrogens (primary N) is 1. The van der Waals surface area contributed by atoms with Crippen molar-refractivity contribution in [3.63, 3.8) is 0 Å². The molecule has 2 aromatic carbocycles. The molecule has 0 aliphatic carbocycles. The Morgan fingerprint density at radius 2 is 1.83 bits per heavy atom. The highest BCUT2D eigenvalue weighted by atomic mass is 16.2. The van der Waals surface area contributed by atoms with Crippen molar-refractivity contribution in [3.05, 3.63) is 69.5 Å². The molecule has 1 aromatic heterocycles. The van der Waals surface area contributed by atoms with E-state index in [-0.39, 0.29) is 17.4 Å². The van der Waals surface area contributed by atoms with Gasteiger partial charge < -0.3 is 15.2 Å². The maximum absolute atomic E-state index is 13.1. The van der Waals surface area contributed by atoms with Crippen molar-refractivity contribution in [2.24, 2.45) is 0 Å². The number of carbonyl (C=O) groups is 1. The molecule has 0 atom stereocenters. The van der Waals surface area contributed by atoms with Gasteiger partial charge in [0.15, 0.2) is 0 Å². The van der Waals surface area contributed by atoms with Crippen LogP contribution in [0, 0.1) is 0 Å². The second-order valence-electron chi connectivity index (χ2n) is 7.68. The molecule has 1 amide bonds. The molecule has 0 saturated carbocycles. The highest BCUT2D eigenvalue weighted by Gasteiger charge is 2.18. The summed E-state index contributed by atoms with van der Waals surface area (Å²) in [5.74, 6) is 0.0459. The molecule has 0 unspecified atom stereocenters. The summed E-state index contributed by atoms with van der Waals surface area (Å²) >= 11 is 0. The third-order valence-electron chi connectivity index (χ3n) is 5.51. The van der Waals surface area contributed by atoms with E-state index >= 15 is 0 Å². The Labute approximate surface area is 171 Å². The molecule has 2 N–H and O–H groups in total. The fourth-order valence-corrected chi connectivity index (χ4v) is 3.74. The molecule has 0 bridgehead atoms. The van der Waals surface area contributed by atoms with Crippen LogP contribution in [0.1, 0.15) is 55.1 Å². The van der Waals surface area contributed by atoms with E-state index < -0.39 is 0 Å². The Hall–Kier alpha value is -3.08. The third-order valence-corrected chi connectivity index (χ3v) is 5.51. The van der Waals surface area contributed by atoms with Gasteiger partial charge in [0.05, 0.1) is 11.1 Å². The van der Waals surface area contributed by atoms with E-state index in [2.05, 4.69) is 20.8 Å². The predicted molar refractivity (Wildman–Crippen MR) is 121 cm³/mol. The van der Waals surface area contributed by atoms with E-state index in [0.29, 0.717) is 17.8 Å². The van der Waals surface area contributed by atoms with Crippen molar-refractivity contribution in [2.75, 3.05) is 17.7 Å². The Balaban J connectivity index is 2.10. The van der Waals surface area contributed by atoms with Gasteiger partial charge in [-0.1, -0.05) is 26.8 Å². The fourth-order valence-electron chi connectivity index (χ4n) is 3.74. The monoisotopic (exact) mass is 391 g/mol. The second kappa shape index (κ2) is 8.11. The third kappa shape index (κ3) is 3.77. The van der Waals surface area contributed by atoms with E-state index in [9.17, 15) is 9.59 Å². The van der Waals surface area contributed by atoms with Gasteiger partial charge in [0.1, 0.15) is 0 Å². The number of nitrogens with zero attached hydrogens (tertiary/aromatic N) is 2. The van der Waals surface area contributed by atoms with E-state index in [1.165, 1.54) is 0 Å². The summed E-state index contributed by atoms with van der Waals surface area (Å²) in [6, 6.07) is 13.1. The normalized spacial score (nSPS) is 11.2. The van der Waals surface area contributed by atoms with E-state index in [1.54, 1.807) is 28.6 Å². The number of carbonyl (C=O) groups excluding carboxylic acids is 1. The lowest BCUT2D eigenvalue weighted by Gasteiger charge is -2.21. The Bertz CT molecular complexity index is 1130. The lowest BCUT2D eigenvalue weighted by atomic mass is 9.98. The minimum Gasteiger partial charge on any atom is -0.398 e. The molecule has 0 aliphatic rings.